The molecule has 0 saturated carbocycles. The van der Waals surface area contributed by atoms with Gasteiger partial charge in [0.25, 0.3) is 0 Å². The van der Waals surface area contributed by atoms with E-state index in [2.05, 4.69) is 27.5 Å². The number of aryl methyl sites for hydroxylation is 1. The van der Waals surface area contributed by atoms with Crippen LogP contribution in [0.2, 0.25) is 0 Å². The van der Waals surface area contributed by atoms with Gasteiger partial charge in [0, 0.05) is 12.2 Å². The Balaban J connectivity index is 2.29. The zero-order valence-corrected chi connectivity index (χ0v) is 12.4. The summed E-state index contributed by atoms with van der Waals surface area (Å²) >= 11 is 0. The second-order valence-corrected chi connectivity index (χ2v) is 5.08. The van der Waals surface area contributed by atoms with E-state index in [9.17, 15) is 0 Å². The van der Waals surface area contributed by atoms with Crippen molar-refractivity contribution in [2.75, 3.05) is 6.54 Å². The van der Waals surface area contributed by atoms with Crippen molar-refractivity contribution in [2.24, 2.45) is 10.7 Å². The zero-order valence-electron chi connectivity index (χ0n) is 12.4. The van der Waals surface area contributed by atoms with Crippen LogP contribution in [-0.2, 0) is 0 Å². The van der Waals surface area contributed by atoms with Crippen LogP contribution in [0.3, 0.4) is 0 Å². The van der Waals surface area contributed by atoms with E-state index in [0.29, 0.717) is 0 Å². The van der Waals surface area contributed by atoms with Crippen molar-refractivity contribution in [3.05, 3.63) is 41.5 Å². The molecule has 20 heavy (non-hydrogen) atoms. The van der Waals surface area contributed by atoms with Crippen molar-refractivity contribution in [1.29, 1.82) is 0 Å². The molecule has 0 saturated heterocycles. The lowest BCUT2D eigenvalue weighted by atomic mass is 10.1. The van der Waals surface area contributed by atoms with Crippen molar-refractivity contribution in [1.82, 2.24) is 15.6 Å². The molecule has 2 heterocycles. The smallest absolute Gasteiger partial charge is 0.155 e. The van der Waals surface area contributed by atoms with Crippen LogP contribution in [0.15, 0.2) is 35.1 Å². The van der Waals surface area contributed by atoms with Crippen molar-refractivity contribution < 1.29 is 0 Å². The van der Waals surface area contributed by atoms with Gasteiger partial charge in [-0.1, -0.05) is 19.9 Å². The van der Waals surface area contributed by atoms with Gasteiger partial charge in [-0.25, -0.2) is 9.98 Å². The number of aliphatic imine (C=N–C) groups is 1. The molecule has 0 spiro atoms. The summed E-state index contributed by atoms with van der Waals surface area (Å²) in [7, 11) is 0. The normalized spacial score (nSPS) is 21.8. The van der Waals surface area contributed by atoms with E-state index in [-0.39, 0.29) is 0 Å². The van der Waals surface area contributed by atoms with Crippen LogP contribution in [0.5, 0.6) is 0 Å². The predicted molar refractivity (Wildman–Crippen MR) is 82.2 cm³/mol. The average molecular weight is 273 g/mol. The average Bonchev–Trinajstić information content (AvgIpc) is 2.45. The summed E-state index contributed by atoms with van der Waals surface area (Å²) in [5.41, 5.74) is 7.41. The Morgan fingerprint density at radius 1 is 1.35 bits per heavy atom. The summed E-state index contributed by atoms with van der Waals surface area (Å²) in [5.74, 6) is 1.63. The van der Waals surface area contributed by atoms with Gasteiger partial charge in [0.2, 0.25) is 0 Å². The SMILES string of the molecule is CCCNC1=CC(N)(CC)N=C(c2cccc(C)n2)N1. The van der Waals surface area contributed by atoms with Crippen LogP contribution in [0.25, 0.3) is 0 Å². The summed E-state index contributed by atoms with van der Waals surface area (Å²) < 4.78 is 0. The zero-order chi connectivity index (χ0) is 14.6. The fourth-order valence-electron chi connectivity index (χ4n) is 2.01. The summed E-state index contributed by atoms with van der Waals surface area (Å²) in [6, 6.07) is 5.88. The molecule has 1 aromatic rings. The van der Waals surface area contributed by atoms with Gasteiger partial charge >= 0.3 is 0 Å². The van der Waals surface area contributed by atoms with Crippen molar-refractivity contribution >= 4 is 5.84 Å². The molecule has 1 aliphatic rings. The Bertz CT molecular complexity index is 535. The molecule has 0 aromatic carbocycles. The van der Waals surface area contributed by atoms with E-state index >= 15 is 0 Å². The Morgan fingerprint density at radius 2 is 2.15 bits per heavy atom. The number of nitrogens with zero attached hydrogens (tertiary/aromatic N) is 2. The van der Waals surface area contributed by atoms with Gasteiger partial charge in [-0.2, -0.15) is 0 Å². The van der Waals surface area contributed by atoms with Gasteiger partial charge in [-0.05, 0) is 38.0 Å². The maximum Gasteiger partial charge on any atom is 0.155 e. The number of pyridine rings is 1. The lowest BCUT2D eigenvalue weighted by Gasteiger charge is -2.29. The minimum atomic E-state index is -0.678. The summed E-state index contributed by atoms with van der Waals surface area (Å²) in [6.07, 6.45) is 3.74. The number of amidine groups is 1. The summed E-state index contributed by atoms with van der Waals surface area (Å²) in [4.78, 5) is 9.11. The fraction of sp³-hybridized carbons (Fsp3) is 0.467. The first-order valence-corrected chi connectivity index (χ1v) is 7.13. The Morgan fingerprint density at radius 3 is 2.80 bits per heavy atom. The van der Waals surface area contributed by atoms with E-state index in [1.54, 1.807) is 0 Å². The third-order valence-electron chi connectivity index (χ3n) is 3.23. The largest absolute Gasteiger partial charge is 0.372 e. The molecular weight excluding hydrogens is 250 g/mol. The molecule has 0 bridgehead atoms. The third-order valence-corrected chi connectivity index (χ3v) is 3.23. The molecule has 0 radical (unpaired) electrons. The third kappa shape index (κ3) is 3.36. The molecule has 0 amide bonds. The topological polar surface area (TPSA) is 75.3 Å². The number of aromatic nitrogens is 1. The highest BCUT2D eigenvalue weighted by Crippen LogP contribution is 2.17. The Hall–Kier alpha value is -1.88. The molecule has 1 aromatic heterocycles. The van der Waals surface area contributed by atoms with E-state index in [0.717, 1.165) is 42.4 Å². The monoisotopic (exact) mass is 273 g/mol. The van der Waals surface area contributed by atoms with E-state index < -0.39 is 5.66 Å². The van der Waals surface area contributed by atoms with Gasteiger partial charge < -0.3 is 16.4 Å². The van der Waals surface area contributed by atoms with E-state index in [1.807, 2.05) is 38.1 Å². The number of nitrogens with one attached hydrogen (secondary N) is 2. The molecule has 5 heteroatoms. The van der Waals surface area contributed by atoms with Crippen molar-refractivity contribution in [3.63, 3.8) is 0 Å². The van der Waals surface area contributed by atoms with Gasteiger partial charge in [0.15, 0.2) is 5.84 Å². The van der Waals surface area contributed by atoms with E-state index in [4.69, 9.17) is 5.73 Å². The quantitative estimate of drug-likeness (QED) is 0.762. The molecule has 1 aliphatic heterocycles. The lowest BCUT2D eigenvalue weighted by molar-refractivity contribution is 0.512. The molecule has 1 unspecified atom stereocenters. The minimum absolute atomic E-state index is 0.678. The standard InChI is InChI=1S/C15H23N5/c1-4-9-17-13-10-15(16,5-2)20-14(19-13)12-8-6-7-11(3)18-12/h6-8,10,17H,4-5,9,16H2,1-3H3,(H,19,20). The molecule has 108 valence electrons. The highest BCUT2D eigenvalue weighted by Gasteiger charge is 2.26. The second-order valence-electron chi connectivity index (χ2n) is 5.08. The summed E-state index contributed by atoms with van der Waals surface area (Å²) in [5, 5.41) is 6.62. The lowest BCUT2D eigenvalue weighted by Crippen LogP contribution is -2.46. The minimum Gasteiger partial charge on any atom is -0.372 e. The molecule has 1 atom stereocenters. The maximum atomic E-state index is 6.31. The van der Waals surface area contributed by atoms with Crippen molar-refractivity contribution in [3.8, 4) is 0 Å². The number of hydrogen-bond donors (Lipinski definition) is 3. The molecule has 0 aliphatic carbocycles. The van der Waals surface area contributed by atoms with Gasteiger partial charge in [0.1, 0.15) is 17.2 Å². The van der Waals surface area contributed by atoms with Crippen LogP contribution >= 0.6 is 0 Å². The second kappa shape index (κ2) is 6.05. The fourth-order valence-corrected chi connectivity index (χ4v) is 2.01. The molecule has 5 nitrogen and oxygen atoms in total. The van der Waals surface area contributed by atoms with E-state index in [1.165, 1.54) is 0 Å². The van der Waals surface area contributed by atoms with Gasteiger partial charge in [0.05, 0.1) is 0 Å². The van der Waals surface area contributed by atoms with Crippen molar-refractivity contribution in [2.45, 2.75) is 39.3 Å². The maximum absolute atomic E-state index is 6.31. The van der Waals surface area contributed by atoms with Crippen LogP contribution in [-0.4, -0.2) is 23.0 Å². The van der Waals surface area contributed by atoms with Crippen LogP contribution in [0.1, 0.15) is 38.1 Å². The highest BCUT2D eigenvalue weighted by atomic mass is 15.2. The highest BCUT2D eigenvalue weighted by molar-refractivity contribution is 5.99. The Labute approximate surface area is 120 Å². The van der Waals surface area contributed by atoms with Gasteiger partial charge in [-0.15, -0.1) is 0 Å². The predicted octanol–water partition coefficient (Wildman–Crippen LogP) is 1.65. The first kappa shape index (κ1) is 14.5. The number of rotatable bonds is 5. The molecule has 4 N–H and O–H groups in total. The van der Waals surface area contributed by atoms with Crippen LogP contribution in [0, 0.1) is 6.92 Å². The first-order valence-electron chi connectivity index (χ1n) is 7.13. The van der Waals surface area contributed by atoms with Crippen LogP contribution in [0.4, 0.5) is 0 Å². The Kier molecular flexibility index (Phi) is 4.39. The first-order chi connectivity index (χ1) is 9.56. The molecular formula is C15H23N5. The molecule has 0 fully saturated rings. The van der Waals surface area contributed by atoms with Gasteiger partial charge in [-0.3, -0.25) is 0 Å². The molecule has 2 rings (SSSR count). The number of nitrogens with two attached hydrogens (primary N) is 1. The summed E-state index contributed by atoms with van der Waals surface area (Å²) in [6.45, 7) is 7.02. The number of hydrogen-bond acceptors (Lipinski definition) is 5. The van der Waals surface area contributed by atoms with Crippen LogP contribution < -0.4 is 16.4 Å².